The molecule has 1 N–H and O–H groups in total. The number of carbonyl (C=O) groups is 1. The number of benzene rings is 2. The molecule has 0 radical (unpaired) electrons. The molecule has 4 nitrogen and oxygen atoms in total. The van der Waals surface area contributed by atoms with Crippen LogP contribution in [0.1, 0.15) is 30.6 Å². The van der Waals surface area contributed by atoms with Crippen molar-refractivity contribution in [1.29, 1.82) is 0 Å². The molecule has 1 fully saturated rings. The molecular weight excluding hydrogens is 310 g/mol. The van der Waals surface area contributed by atoms with E-state index in [0.29, 0.717) is 6.04 Å². The number of para-hydroxylation sites is 1. The first-order valence-electron chi connectivity index (χ1n) is 9.19. The number of nitrogens with one attached hydrogen (secondary N) is 1. The Bertz CT molecular complexity index is 674. The Labute approximate surface area is 150 Å². The highest BCUT2D eigenvalue weighted by atomic mass is 16.2. The molecule has 1 aliphatic rings. The van der Waals surface area contributed by atoms with Crippen LogP contribution in [0.5, 0.6) is 0 Å². The van der Waals surface area contributed by atoms with Crippen molar-refractivity contribution in [3.05, 3.63) is 60.2 Å². The quantitative estimate of drug-likeness (QED) is 0.873. The van der Waals surface area contributed by atoms with Crippen molar-refractivity contribution in [1.82, 2.24) is 10.2 Å². The van der Waals surface area contributed by atoms with Gasteiger partial charge < -0.3 is 15.1 Å². The highest BCUT2D eigenvalue weighted by Gasteiger charge is 2.24. The Morgan fingerprint density at radius 2 is 1.64 bits per heavy atom. The minimum atomic E-state index is 0.102. The highest BCUT2D eigenvalue weighted by Crippen LogP contribution is 2.30. The van der Waals surface area contributed by atoms with Gasteiger partial charge in [-0.2, -0.15) is 0 Å². The van der Waals surface area contributed by atoms with Crippen LogP contribution in [0.2, 0.25) is 0 Å². The summed E-state index contributed by atoms with van der Waals surface area (Å²) in [6, 6.07) is 19.0. The van der Waals surface area contributed by atoms with Gasteiger partial charge in [-0.05, 0) is 63.2 Å². The van der Waals surface area contributed by atoms with Gasteiger partial charge >= 0.3 is 0 Å². The summed E-state index contributed by atoms with van der Waals surface area (Å²) in [6.07, 6.45) is 1.12. The lowest BCUT2D eigenvalue weighted by molar-refractivity contribution is 0.0773. The summed E-state index contributed by atoms with van der Waals surface area (Å²) in [5, 5.41) is 3.45. The maximum Gasteiger partial charge on any atom is 0.253 e. The molecule has 25 heavy (non-hydrogen) atoms. The van der Waals surface area contributed by atoms with Crippen molar-refractivity contribution in [3.63, 3.8) is 0 Å². The minimum Gasteiger partial charge on any atom is -0.339 e. The maximum absolute atomic E-state index is 12.5. The Hall–Kier alpha value is -2.33. The SMILES string of the molecule is CCN(CC)C(=O)c1ccc(N(c2ccccc2)C2CCNC2)cc1. The van der Waals surface area contributed by atoms with Crippen LogP contribution < -0.4 is 10.2 Å². The predicted molar refractivity (Wildman–Crippen MR) is 104 cm³/mol. The summed E-state index contributed by atoms with van der Waals surface area (Å²) in [6.45, 7) is 7.53. The maximum atomic E-state index is 12.5. The van der Waals surface area contributed by atoms with Crippen LogP contribution >= 0.6 is 0 Å². The molecule has 0 spiro atoms. The molecule has 1 aliphatic heterocycles. The van der Waals surface area contributed by atoms with Crippen LogP contribution in [-0.2, 0) is 0 Å². The van der Waals surface area contributed by atoms with E-state index in [1.54, 1.807) is 0 Å². The van der Waals surface area contributed by atoms with E-state index in [4.69, 9.17) is 0 Å². The molecule has 132 valence electrons. The van der Waals surface area contributed by atoms with E-state index >= 15 is 0 Å². The molecule has 1 heterocycles. The van der Waals surface area contributed by atoms with Crippen LogP contribution in [0.3, 0.4) is 0 Å². The zero-order valence-corrected chi connectivity index (χ0v) is 15.1. The summed E-state index contributed by atoms with van der Waals surface area (Å²) < 4.78 is 0. The summed E-state index contributed by atoms with van der Waals surface area (Å²) in [5.74, 6) is 0.102. The van der Waals surface area contributed by atoms with Crippen molar-refractivity contribution in [2.75, 3.05) is 31.1 Å². The van der Waals surface area contributed by atoms with E-state index in [0.717, 1.165) is 43.9 Å². The van der Waals surface area contributed by atoms with E-state index in [-0.39, 0.29) is 5.91 Å². The van der Waals surface area contributed by atoms with E-state index in [1.165, 1.54) is 5.69 Å². The predicted octanol–water partition coefficient (Wildman–Crippen LogP) is 3.67. The molecule has 0 aliphatic carbocycles. The van der Waals surface area contributed by atoms with Crippen molar-refractivity contribution in [2.24, 2.45) is 0 Å². The molecule has 1 saturated heterocycles. The van der Waals surface area contributed by atoms with Gasteiger partial charge in [0.05, 0.1) is 0 Å². The zero-order valence-electron chi connectivity index (χ0n) is 15.1. The van der Waals surface area contributed by atoms with Gasteiger partial charge in [0, 0.05) is 42.6 Å². The van der Waals surface area contributed by atoms with Crippen LogP contribution in [0.4, 0.5) is 11.4 Å². The molecule has 1 unspecified atom stereocenters. The summed E-state index contributed by atoms with van der Waals surface area (Å²) in [4.78, 5) is 16.7. The van der Waals surface area contributed by atoms with Gasteiger partial charge in [0.15, 0.2) is 0 Å². The van der Waals surface area contributed by atoms with Crippen molar-refractivity contribution >= 4 is 17.3 Å². The first-order valence-corrected chi connectivity index (χ1v) is 9.19. The molecule has 0 saturated carbocycles. The first kappa shape index (κ1) is 17.5. The smallest absolute Gasteiger partial charge is 0.253 e. The number of carbonyl (C=O) groups excluding carboxylic acids is 1. The van der Waals surface area contributed by atoms with Crippen LogP contribution in [-0.4, -0.2) is 43.0 Å². The van der Waals surface area contributed by atoms with Gasteiger partial charge in [0.25, 0.3) is 5.91 Å². The number of rotatable bonds is 6. The van der Waals surface area contributed by atoms with Crippen LogP contribution in [0.25, 0.3) is 0 Å². The van der Waals surface area contributed by atoms with Crippen LogP contribution in [0.15, 0.2) is 54.6 Å². The van der Waals surface area contributed by atoms with Gasteiger partial charge in [-0.25, -0.2) is 0 Å². The van der Waals surface area contributed by atoms with Gasteiger partial charge in [0.2, 0.25) is 0 Å². The second kappa shape index (κ2) is 8.17. The molecule has 4 heteroatoms. The minimum absolute atomic E-state index is 0.102. The molecule has 0 aromatic heterocycles. The summed E-state index contributed by atoms with van der Waals surface area (Å²) >= 11 is 0. The third-order valence-electron chi connectivity index (χ3n) is 4.88. The molecule has 3 rings (SSSR count). The van der Waals surface area contributed by atoms with E-state index in [1.807, 2.05) is 36.9 Å². The zero-order chi connectivity index (χ0) is 17.6. The van der Waals surface area contributed by atoms with Gasteiger partial charge in [-0.3, -0.25) is 4.79 Å². The lowest BCUT2D eigenvalue weighted by atomic mass is 10.1. The number of hydrogen-bond donors (Lipinski definition) is 1. The number of hydrogen-bond acceptors (Lipinski definition) is 3. The summed E-state index contributed by atoms with van der Waals surface area (Å²) in [7, 11) is 0. The normalized spacial score (nSPS) is 16.6. The van der Waals surface area contributed by atoms with Crippen molar-refractivity contribution in [3.8, 4) is 0 Å². The summed E-state index contributed by atoms with van der Waals surface area (Å²) in [5.41, 5.74) is 3.08. The third-order valence-corrected chi connectivity index (χ3v) is 4.88. The molecule has 1 atom stereocenters. The Kier molecular flexibility index (Phi) is 5.71. The highest BCUT2D eigenvalue weighted by molar-refractivity contribution is 5.94. The van der Waals surface area contributed by atoms with E-state index in [9.17, 15) is 4.79 Å². The number of nitrogens with zero attached hydrogens (tertiary/aromatic N) is 2. The second-order valence-corrected chi connectivity index (χ2v) is 6.38. The molecule has 2 aromatic rings. The Balaban J connectivity index is 1.88. The molecule has 0 bridgehead atoms. The largest absolute Gasteiger partial charge is 0.339 e. The van der Waals surface area contributed by atoms with E-state index in [2.05, 4.69) is 46.6 Å². The molecule has 1 amide bonds. The average molecular weight is 337 g/mol. The first-order chi connectivity index (χ1) is 12.2. The lowest BCUT2D eigenvalue weighted by Crippen LogP contribution is -2.33. The van der Waals surface area contributed by atoms with Gasteiger partial charge in [-0.1, -0.05) is 18.2 Å². The van der Waals surface area contributed by atoms with Gasteiger partial charge in [0.1, 0.15) is 0 Å². The second-order valence-electron chi connectivity index (χ2n) is 6.38. The number of anilines is 2. The molecular formula is C21H27N3O. The van der Waals surface area contributed by atoms with Crippen molar-refractivity contribution < 1.29 is 4.79 Å². The Morgan fingerprint density at radius 3 is 2.20 bits per heavy atom. The third kappa shape index (κ3) is 3.85. The van der Waals surface area contributed by atoms with Gasteiger partial charge in [-0.15, -0.1) is 0 Å². The Morgan fingerprint density at radius 1 is 1.00 bits per heavy atom. The van der Waals surface area contributed by atoms with Crippen molar-refractivity contribution in [2.45, 2.75) is 26.3 Å². The topological polar surface area (TPSA) is 35.6 Å². The number of amides is 1. The average Bonchev–Trinajstić information content (AvgIpc) is 3.18. The van der Waals surface area contributed by atoms with Crippen LogP contribution in [0, 0.1) is 0 Å². The fraction of sp³-hybridized carbons (Fsp3) is 0.381. The standard InChI is InChI=1S/C21H27N3O/c1-3-23(4-2)21(25)17-10-12-19(13-11-17)24(20-14-15-22-16-20)18-8-6-5-7-9-18/h5-13,20,22H,3-4,14-16H2,1-2H3. The monoisotopic (exact) mass is 337 g/mol. The fourth-order valence-electron chi connectivity index (χ4n) is 3.48. The van der Waals surface area contributed by atoms with E-state index < -0.39 is 0 Å². The lowest BCUT2D eigenvalue weighted by Gasteiger charge is -2.31. The fourth-order valence-corrected chi connectivity index (χ4v) is 3.48. The molecule has 2 aromatic carbocycles.